The van der Waals surface area contributed by atoms with E-state index < -0.39 is 11.4 Å². The number of ether oxygens (including phenoxy) is 1. The second kappa shape index (κ2) is 7.63. The van der Waals surface area contributed by atoms with Crippen LogP contribution in [0.1, 0.15) is 58.7 Å². The van der Waals surface area contributed by atoms with Gasteiger partial charge in [0, 0.05) is 31.2 Å². The van der Waals surface area contributed by atoms with Crippen LogP contribution in [0.4, 0.5) is 9.18 Å². The monoisotopic (exact) mass is 361 g/mol. The molecule has 3 atom stereocenters. The van der Waals surface area contributed by atoms with Crippen molar-refractivity contribution in [1.82, 2.24) is 9.80 Å². The van der Waals surface area contributed by atoms with E-state index in [1.54, 1.807) is 11.0 Å². The van der Waals surface area contributed by atoms with E-state index in [-0.39, 0.29) is 29.8 Å². The van der Waals surface area contributed by atoms with Crippen LogP contribution in [0, 0.1) is 17.1 Å². The van der Waals surface area contributed by atoms with Gasteiger partial charge >= 0.3 is 6.09 Å². The van der Waals surface area contributed by atoms with Crippen molar-refractivity contribution in [1.29, 1.82) is 5.26 Å². The number of hydrogen-bond donors (Lipinski definition) is 0. The van der Waals surface area contributed by atoms with Crippen LogP contribution < -0.4 is 0 Å². The van der Waals surface area contributed by atoms with Gasteiger partial charge in [-0.25, -0.2) is 9.18 Å². The summed E-state index contributed by atoms with van der Waals surface area (Å²) in [6.45, 7) is 12.9. The first-order valence-corrected chi connectivity index (χ1v) is 8.98. The van der Waals surface area contributed by atoms with Crippen molar-refractivity contribution >= 4 is 6.09 Å². The molecule has 1 heterocycles. The van der Waals surface area contributed by atoms with E-state index in [1.165, 1.54) is 12.1 Å². The Morgan fingerprint density at radius 3 is 2.50 bits per heavy atom. The molecule has 1 fully saturated rings. The highest BCUT2D eigenvalue weighted by molar-refractivity contribution is 5.68. The Kier molecular flexibility index (Phi) is 5.92. The molecule has 0 aromatic heterocycles. The molecule has 0 radical (unpaired) electrons. The molecule has 26 heavy (non-hydrogen) atoms. The lowest BCUT2D eigenvalue weighted by Gasteiger charge is -2.46. The van der Waals surface area contributed by atoms with Crippen LogP contribution in [0.15, 0.2) is 18.2 Å². The third-order valence-corrected chi connectivity index (χ3v) is 4.76. The van der Waals surface area contributed by atoms with Gasteiger partial charge in [-0.05, 0) is 59.2 Å². The summed E-state index contributed by atoms with van der Waals surface area (Å²) in [4.78, 5) is 16.5. The molecule has 1 aliphatic heterocycles. The molecule has 1 unspecified atom stereocenters. The van der Waals surface area contributed by atoms with Crippen molar-refractivity contribution < 1.29 is 13.9 Å². The van der Waals surface area contributed by atoms with E-state index in [2.05, 4.69) is 11.8 Å². The predicted octanol–water partition coefficient (Wildman–Crippen LogP) is 4.09. The maximum absolute atomic E-state index is 14.0. The van der Waals surface area contributed by atoms with Crippen molar-refractivity contribution in [2.45, 2.75) is 65.3 Å². The van der Waals surface area contributed by atoms with Crippen LogP contribution in [0.3, 0.4) is 0 Å². The third-order valence-electron chi connectivity index (χ3n) is 4.76. The largest absolute Gasteiger partial charge is 0.444 e. The standard InChI is InChI=1S/C20H28FN3O2/c1-13-12-24(19(25)26-20(4,5)6)14(2)11-23(13)15(3)16-7-8-17(10-22)18(21)9-16/h7-9,13-15H,11-12H2,1-6H3/t13-,14+,15?/m1/s1. The molecule has 1 saturated heterocycles. The maximum Gasteiger partial charge on any atom is 0.410 e. The summed E-state index contributed by atoms with van der Waals surface area (Å²) in [5.41, 5.74) is 0.355. The molecule has 0 bridgehead atoms. The van der Waals surface area contributed by atoms with Gasteiger partial charge < -0.3 is 9.64 Å². The van der Waals surface area contributed by atoms with E-state index in [0.29, 0.717) is 13.1 Å². The van der Waals surface area contributed by atoms with Gasteiger partial charge in [0.25, 0.3) is 0 Å². The van der Waals surface area contributed by atoms with Crippen LogP contribution in [-0.4, -0.2) is 46.7 Å². The smallest absolute Gasteiger partial charge is 0.410 e. The van der Waals surface area contributed by atoms with Gasteiger partial charge in [-0.2, -0.15) is 5.26 Å². The Morgan fingerprint density at radius 1 is 1.31 bits per heavy atom. The zero-order valence-corrected chi connectivity index (χ0v) is 16.4. The zero-order valence-electron chi connectivity index (χ0n) is 16.4. The highest BCUT2D eigenvalue weighted by atomic mass is 19.1. The summed E-state index contributed by atoms with van der Waals surface area (Å²) in [5, 5.41) is 8.89. The molecule has 2 rings (SSSR count). The number of nitrogens with zero attached hydrogens (tertiary/aromatic N) is 3. The summed E-state index contributed by atoms with van der Waals surface area (Å²) >= 11 is 0. The number of hydrogen-bond acceptors (Lipinski definition) is 4. The van der Waals surface area contributed by atoms with Crippen molar-refractivity contribution in [3.63, 3.8) is 0 Å². The topological polar surface area (TPSA) is 56.6 Å². The highest BCUT2D eigenvalue weighted by Gasteiger charge is 2.36. The number of piperazine rings is 1. The van der Waals surface area contributed by atoms with E-state index >= 15 is 0 Å². The summed E-state index contributed by atoms with van der Waals surface area (Å²) < 4.78 is 19.5. The maximum atomic E-state index is 14.0. The van der Waals surface area contributed by atoms with Crippen molar-refractivity contribution in [2.75, 3.05) is 13.1 Å². The fourth-order valence-electron chi connectivity index (χ4n) is 3.34. The normalized spacial score (nSPS) is 22.6. The van der Waals surface area contributed by atoms with E-state index in [0.717, 1.165) is 5.56 Å². The molecule has 1 amide bonds. The third kappa shape index (κ3) is 4.53. The molecule has 0 N–H and O–H groups in total. The minimum absolute atomic E-state index is 0.00766. The number of nitriles is 1. The number of benzene rings is 1. The molecule has 6 heteroatoms. The predicted molar refractivity (Wildman–Crippen MR) is 98.1 cm³/mol. The second-order valence-corrected chi connectivity index (χ2v) is 8.05. The van der Waals surface area contributed by atoms with E-state index in [9.17, 15) is 9.18 Å². The van der Waals surface area contributed by atoms with Gasteiger partial charge in [0.1, 0.15) is 17.5 Å². The fourth-order valence-corrected chi connectivity index (χ4v) is 3.34. The van der Waals surface area contributed by atoms with E-state index in [4.69, 9.17) is 10.00 Å². The van der Waals surface area contributed by atoms with Crippen LogP contribution in [0.2, 0.25) is 0 Å². The number of carbonyl (C=O) groups excluding carboxylic acids is 1. The lowest BCUT2D eigenvalue weighted by Crippen LogP contribution is -2.59. The Bertz CT molecular complexity index is 708. The number of rotatable bonds is 2. The summed E-state index contributed by atoms with van der Waals surface area (Å²) in [6, 6.07) is 6.67. The molecule has 1 aliphatic rings. The average Bonchev–Trinajstić information content (AvgIpc) is 2.54. The van der Waals surface area contributed by atoms with E-state index in [1.807, 2.05) is 40.7 Å². The van der Waals surface area contributed by atoms with Crippen LogP contribution in [0.25, 0.3) is 0 Å². The zero-order chi connectivity index (χ0) is 19.6. The number of carbonyl (C=O) groups is 1. The SMILES string of the molecule is CC(c1ccc(C#N)c(F)c1)N1C[C@H](C)N(C(=O)OC(C)(C)C)C[C@H]1C. The fraction of sp³-hybridized carbons (Fsp3) is 0.600. The Morgan fingerprint density at radius 2 is 1.96 bits per heavy atom. The molecule has 142 valence electrons. The van der Waals surface area contributed by atoms with Gasteiger partial charge in [-0.1, -0.05) is 6.07 Å². The Balaban J connectivity index is 2.12. The Hall–Kier alpha value is -2.13. The molecular formula is C20H28FN3O2. The second-order valence-electron chi connectivity index (χ2n) is 8.05. The molecule has 1 aromatic rings. The summed E-state index contributed by atoms with van der Waals surface area (Å²) in [7, 11) is 0. The minimum Gasteiger partial charge on any atom is -0.444 e. The lowest BCUT2D eigenvalue weighted by molar-refractivity contribution is -0.0184. The van der Waals surface area contributed by atoms with Crippen molar-refractivity contribution in [2.24, 2.45) is 0 Å². The van der Waals surface area contributed by atoms with Gasteiger partial charge in [0.2, 0.25) is 0 Å². The first kappa shape index (κ1) is 20.2. The summed E-state index contributed by atoms with van der Waals surface area (Å²) in [5.74, 6) is -0.495. The number of amides is 1. The van der Waals surface area contributed by atoms with Gasteiger partial charge in [-0.3, -0.25) is 4.90 Å². The van der Waals surface area contributed by atoms with Crippen LogP contribution in [0.5, 0.6) is 0 Å². The number of halogens is 1. The van der Waals surface area contributed by atoms with Gasteiger partial charge in [0.05, 0.1) is 5.56 Å². The Labute approximate surface area is 155 Å². The van der Waals surface area contributed by atoms with Crippen LogP contribution in [-0.2, 0) is 4.74 Å². The minimum atomic E-state index is -0.523. The first-order chi connectivity index (χ1) is 12.0. The molecule has 0 aliphatic carbocycles. The molecule has 0 spiro atoms. The first-order valence-electron chi connectivity index (χ1n) is 8.98. The summed E-state index contributed by atoms with van der Waals surface area (Å²) in [6.07, 6.45) is -0.298. The molecular weight excluding hydrogens is 333 g/mol. The van der Waals surface area contributed by atoms with Crippen molar-refractivity contribution in [3.05, 3.63) is 35.1 Å². The quantitative estimate of drug-likeness (QED) is 0.796. The molecule has 1 aromatic carbocycles. The van der Waals surface area contributed by atoms with Crippen molar-refractivity contribution in [3.8, 4) is 6.07 Å². The van der Waals surface area contributed by atoms with Crippen LogP contribution >= 0.6 is 0 Å². The lowest BCUT2D eigenvalue weighted by atomic mass is 10.00. The highest BCUT2D eigenvalue weighted by Crippen LogP contribution is 2.28. The average molecular weight is 361 g/mol. The van der Waals surface area contributed by atoms with Gasteiger partial charge in [-0.15, -0.1) is 0 Å². The van der Waals surface area contributed by atoms with Gasteiger partial charge in [0.15, 0.2) is 0 Å². The molecule has 0 saturated carbocycles. The molecule has 5 nitrogen and oxygen atoms in total.